The van der Waals surface area contributed by atoms with Crippen molar-refractivity contribution in [2.45, 2.75) is 45.8 Å². The summed E-state index contributed by atoms with van der Waals surface area (Å²) in [5.74, 6) is 4.33. The van der Waals surface area contributed by atoms with E-state index in [0.717, 1.165) is 0 Å². The van der Waals surface area contributed by atoms with Crippen molar-refractivity contribution in [3.05, 3.63) is 23.0 Å². The Bertz CT molecular complexity index is 716. The molecule has 1 rings (SSSR count). The van der Waals surface area contributed by atoms with Crippen LogP contribution in [0.15, 0.2) is 6.20 Å². The molecule has 138 valence electrons. The minimum absolute atomic E-state index is 0.0901. The Kier molecular flexibility index (Phi) is 9.13. The fraction of sp³-hybridized carbons (Fsp3) is 0.421. The Morgan fingerprint density at radius 2 is 1.96 bits per heavy atom. The SMILES string of the molecule is C#CCCCC(=O)OCc1cnc(C)c(O)c1COC(=O)NCCC#C. The molecule has 0 spiro atoms. The molecule has 0 unspecified atom stereocenters. The standard InChI is InChI=1S/C19H22N2O5/c1-4-6-8-9-17(22)25-12-15-11-21-14(3)18(23)16(15)13-26-19(24)20-10-7-5-2/h1-2,11,23H,6-10,12-13H2,3H3,(H,20,24). The number of hydrogen-bond donors (Lipinski definition) is 2. The molecule has 1 heterocycles. The van der Waals surface area contributed by atoms with Crippen LogP contribution in [0.25, 0.3) is 0 Å². The number of alkyl carbamates (subject to hydrolysis) is 1. The van der Waals surface area contributed by atoms with Crippen molar-refractivity contribution in [3.8, 4) is 30.4 Å². The second kappa shape index (κ2) is 11.4. The summed E-state index contributed by atoms with van der Waals surface area (Å²) in [6.45, 7) is 1.62. The number of ether oxygens (including phenoxy) is 2. The molecule has 7 heteroatoms. The van der Waals surface area contributed by atoms with Gasteiger partial charge in [0.05, 0.1) is 5.69 Å². The summed E-state index contributed by atoms with van der Waals surface area (Å²) in [7, 11) is 0. The van der Waals surface area contributed by atoms with Gasteiger partial charge in [-0.15, -0.1) is 24.7 Å². The molecule has 26 heavy (non-hydrogen) atoms. The molecule has 1 aromatic rings. The largest absolute Gasteiger partial charge is 0.506 e. The number of amides is 1. The number of nitrogens with one attached hydrogen (secondary N) is 1. The first kappa shape index (κ1) is 20.9. The van der Waals surface area contributed by atoms with Gasteiger partial charge in [-0.1, -0.05) is 0 Å². The van der Waals surface area contributed by atoms with Crippen LogP contribution in [0.1, 0.15) is 42.5 Å². The number of hydrogen-bond acceptors (Lipinski definition) is 6. The van der Waals surface area contributed by atoms with E-state index in [1.54, 1.807) is 6.92 Å². The van der Waals surface area contributed by atoms with Crippen LogP contribution in [0.4, 0.5) is 4.79 Å². The van der Waals surface area contributed by atoms with E-state index in [1.165, 1.54) is 6.20 Å². The highest BCUT2D eigenvalue weighted by atomic mass is 16.5. The van der Waals surface area contributed by atoms with Gasteiger partial charge in [-0.3, -0.25) is 9.78 Å². The average Bonchev–Trinajstić information content (AvgIpc) is 2.62. The highest BCUT2D eigenvalue weighted by molar-refractivity contribution is 5.69. The topological polar surface area (TPSA) is 97.8 Å². The minimum atomic E-state index is -0.661. The molecule has 0 aliphatic carbocycles. The molecule has 0 aliphatic rings. The summed E-state index contributed by atoms with van der Waals surface area (Å²) in [6, 6.07) is 0. The molecular formula is C19H22N2O5. The zero-order valence-corrected chi connectivity index (χ0v) is 14.7. The van der Waals surface area contributed by atoms with Crippen LogP contribution in [-0.2, 0) is 27.5 Å². The van der Waals surface area contributed by atoms with Gasteiger partial charge < -0.3 is 19.9 Å². The lowest BCUT2D eigenvalue weighted by Crippen LogP contribution is -2.25. The number of pyridine rings is 1. The first-order valence-electron chi connectivity index (χ1n) is 8.09. The molecule has 0 saturated heterocycles. The van der Waals surface area contributed by atoms with Crippen molar-refractivity contribution in [1.29, 1.82) is 0 Å². The second-order valence-electron chi connectivity index (χ2n) is 5.37. The van der Waals surface area contributed by atoms with Crippen molar-refractivity contribution in [2.24, 2.45) is 0 Å². The van der Waals surface area contributed by atoms with Crippen LogP contribution in [0, 0.1) is 31.6 Å². The van der Waals surface area contributed by atoms with Gasteiger partial charge in [0.1, 0.15) is 19.0 Å². The monoisotopic (exact) mass is 358 g/mol. The molecule has 2 N–H and O–H groups in total. The van der Waals surface area contributed by atoms with Crippen LogP contribution in [0.2, 0.25) is 0 Å². The summed E-state index contributed by atoms with van der Waals surface area (Å²) < 4.78 is 10.2. The van der Waals surface area contributed by atoms with Gasteiger partial charge in [-0.05, 0) is 13.3 Å². The van der Waals surface area contributed by atoms with E-state index < -0.39 is 12.1 Å². The molecule has 0 saturated carbocycles. The third-order valence-electron chi connectivity index (χ3n) is 3.41. The summed E-state index contributed by atoms with van der Waals surface area (Å²) in [4.78, 5) is 27.3. The fourth-order valence-electron chi connectivity index (χ4n) is 1.96. The molecule has 0 bridgehead atoms. The predicted octanol–water partition coefficient (Wildman–Crippen LogP) is 2.19. The van der Waals surface area contributed by atoms with Crippen LogP contribution >= 0.6 is 0 Å². The number of esters is 1. The third kappa shape index (κ3) is 7.14. The lowest BCUT2D eigenvalue weighted by Gasteiger charge is -2.14. The van der Waals surface area contributed by atoms with Gasteiger partial charge in [0.15, 0.2) is 0 Å². The predicted molar refractivity (Wildman–Crippen MR) is 94.8 cm³/mol. The van der Waals surface area contributed by atoms with Gasteiger partial charge >= 0.3 is 12.1 Å². The molecule has 0 fully saturated rings. The maximum Gasteiger partial charge on any atom is 0.407 e. The number of aryl methyl sites for hydroxylation is 1. The molecule has 0 aromatic carbocycles. The van der Waals surface area contributed by atoms with Crippen molar-refractivity contribution in [3.63, 3.8) is 0 Å². The quantitative estimate of drug-likeness (QED) is 0.399. The summed E-state index contributed by atoms with van der Waals surface area (Å²) >= 11 is 0. The van der Waals surface area contributed by atoms with E-state index >= 15 is 0 Å². The van der Waals surface area contributed by atoms with E-state index in [2.05, 4.69) is 22.1 Å². The molecule has 1 aromatic heterocycles. The number of aromatic nitrogens is 1. The zero-order valence-electron chi connectivity index (χ0n) is 14.7. The van der Waals surface area contributed by atoms with Gasteiger partial charge in [-0.2, -0.15) is 0 Å². The Morgan fingerprint density at radius 1 is 1.23 bits per heavy atom. The third-order valence-corrected chi connectivity index (χ3v) is 3.41. The Labute approximate surface area is 153 Å². The number of rotatable bonds is 9. The highest BCUT2D eigenvalue weighted by Crippen LogP contribution is 2.25. The van der Waals surface area contributed by atoms with Crippen LogP contribution in [0.5, 0.6) is 5.75 Å². The van der Waals surface area contributed by atoms with Crippen molar-refractivity contribution in [1.82, 2.24) is 10.3 Å². The summed E-state index contributed by atoms with van der Waals surface area (Å²) in [5, 5.41) is 12.7. The number of carbonyl (C=O) groups is 2. The van der Waals surface area contributed by atoms with E-state index in [9.17, 15) is 14.7 Å². The Balaban J connectivity index is 2.68. The van der Waals surface area contributed by atoms with Gasteiger partial charge in [-0.25, -0.2) is 4.79 Å². The lowest BCUT2D eigenvalue weighted by atomic mass is 10.1. The maximum absolute atomic E-state index is 11.7. The maximum atomic E-state index is 11.7. The van der Waals surface area contributed by atoms with Crippen molar-refractivity contribution >= 4 is 12.1 Å². The summed E-state index contributed by atoms with van der Waals surface area (Å²) in [5.41, 5.74) is 1.16. The molecule has 0 radical (unpaired) electrons. The van der Waals surface area contributed by atoms with Crippen LogP contribution < -0.4 is 5.32 Å². The Hall–Kier alpha value is -3.19. The molecular weight excluding hydrogens is 336 g/mol. The van der Waals surface area contributed by atoms with Crippen LogP contribution in [-0.4, -0.2) is 28.7 Å². The number of carbonyl (C=O) groups excluding carboxylic acids is 2. The van der Waals surface area contributed by atoms with E-state index in [4.69, 9.17) is 22.3 Å². The smallest absolute Gasteiger partial charge is 0.407 e. The van der Waals surface area contributed by atoms with Gasteiger partial charge in [0.2, 0.25) is 0 Å². The van der Waals surface area contributed by atoms with Gasteiger partial charge in [0, 0.05) is 43.1 Å². The van der Waals surface area contributed by atoms with E-state index in [-0.39, 0.29) is 25.4 Å². The van der Waals surface area contributed by atoms with Crippen molar-refractivity contribution < 1.29 is 24.2 Å². The normalized spacial score (nSPS) is 9.65. The fourth-order valence-corrected chi connectivity index (χ4v) is 1.96. The summed E-state index contributed by atoms with van der Waals surface area (Å²) in [6.07, 6.45) is 12.7. The molecule has 0 aliphatic heterocycles. The Morgan fingerprint density at radius 3 is 2.65 bits per heavy atom. The number of unbranched alkanes of at least 4 members (excludes halogenated alkanes) is 1. The van der Waals surface area contributed by atoms with Gasteiger partial charge in [0.25, 0.3) is 0 Å². The number of aromatic hydroxyl groups is 1. The van der Waals surface area contributed by atoms with Crippen LogP contribution in [0.3, 0.4) is 0 Å². The van der Waals surface area contributed by atoms with E-state index in [0.29, 0.717) is 42.6 Å². The minimum Gasteiger partial charge on any atom is -0.506 e. The number of terminal acetylenes is 2. The molecule has 1 amide bonds. The second-order valence-corrected chi connectivity index (χ2v) is 5.37. The number of nitrogens with zero attached hydrogens (tertiary/aromatic N) is 1. The van der Waals surface area contributed by atoms with Crippen molar-refractivity contribution in [2.75, 3.05) is 6.54 Å². The first-order chi connectivity index (χ1) is 12.5. The average molecular weight is 358 g/mol. The first-order valence-corrected chi connectivity index (χ1v) is 8.09. The highest BCUT2D eigenvalue weighted by Gasteiger charge is 2.15. The lowest BCUT2D eigenvalue weighted by molar-refractivity contribution is -0.145. The zero-order chi connectivity index (χ0) is 19.4. The van der Waals surface area contributed by atoms with E-state index in [1.807, 2.05) is 0 Å². The molecule has 7 nitrogen and oxygen atoms in total. The molecule has 0 atom stereocenters.